The molecular weight excluding hydrogens is 244 g/mol. The zero-order valence-corrected chi connectivity index (χ0v) is 12.0. The third-order valence-corrected chi connectivity index (χ3v) is 2.52. The summed E-state index contributed by atoms with van der Waals surface area (Å²) in [4.78, 5) is 17.9. The maximum absolute atomic E-state index is 11.6. The third-order valence-electron chi connectivity index (χ3n) is 2.52. The molecular formula is C14H22N2O3. The molecule has 0 aliphatic heterocycles. The number of rotatable bonds is 7. The number of carbonyl (C=O) groups is 1. The summed E-state index contributed by atoms with van der Waals surface area (Å²) in [5.41, 5.74) is 0. The number of nitrogens with zero attached hydrogens (tertiary/aromatic N) is 2. The molecule has 19 heavy (non-hydrogen) atoms. The molecule has 0 unspecified atom stereocenters. The summed E-state index contributed by atoms with van der Waals surface area (Å²) in [7, 11) is 0. The van der Waals surface area contributed by atoms with E-state index in [9.17, 15) is 4.79 Å². The fourth-order valence-corrected chi connectivity index (χ4v) is 1.67. The Bertz CT molecular complexity index is 407. The highest BCUT2D eigenvalue weighted by molar-refractivity contribution is 5.75. The van der Waals surface area contributed by atoms with Gasteiger partial charge in [-0.15, -0.1) is 0 Å². The lowest BCUT2D eigenvalue weighted by Crippen LogP contribution is -2.37. The molecule has 0 aliphatic rings. The highest BCUT2D eigenvalue weighted by Gasteiger charge is 2.17. The van der Waals surface area contributed by atoms with Gasteiger partial charge >= 0.3 is 5.97 Å². The molecule has 0 saturated carbocycles. The largest absolute Gasteiger partial charge is 0.478 e. The third kappa shape index (κ3) is 4.77. The van der Waals surface area contributed by atoms with Gasteiger partial charge in [-0.2, -0.15) is 4.98 Å². The first kappa shape index (κ1) is 15.3. The predicted molar refractivity (Wildman–Crippen MR) is 74.5 cm³/mol. The predicted octanol–water partition coefficient (Wildman–Crippen LogP) is 2.26. The Morgan fingerprint density at radius 2 is 2.05 bits per heavy atom. The lowest BCUT2D eigenvalue weighted by Gasteiger charge is -2.26. The number of hydrogen-bond donors (Lipinski definition) is 0. The van der Waals surface area contributed by atoms with E-state index in [1.165, 1.54) is 0 Å². The van der Waals surface area contributed by atoms with Crippen molar-refractivity contribution in [1.29, 1.82) is 0 Å². The van der Waals surface area contributed by atoms with Crippen LogP contribution in [0.15, 0.2) is 18.2 Å². The molecule has 1 rings (SSSR count). The maximum Gasteiger partial charge on any atom is 0.325 e. The van der Waals surface area contributed by atoms with Gasteiger partial charge in [0.15, 0.2) is 0 Å². The van der Waals surface area contributed by atoms with Crippen molar-refractivity contribution in [2.45, 2.75) is 33.7 Å². The molecule has 1 heterocycles. The van der Waals surface area contributed by atoms with Crippen LogP contribution in [-0.2, 0) is 9.53 Å². The Labute approximate surface area is 114 Å². The van der Waals surface area contributed by atoms with Crippen LogP contribution in [0.3, 0.4) is 0 Å². The van der Waals surface area contributed by atoms with Crippen LogP contribution in [0.1, 0.15) is 27.7 Å². The van der Waals surface area contributed by atoms with Crippen molar-refractivity contribution in [2.75, 3.05) is 24.7 Å². The van der Waals surface area contributed by atoms with Crippen LogP contribution in [0.25, 0.3) is 0 Å². The van der Waals surface area contributed by atoms with Crippen LogP contribution in [-0.4, -0.2) is 36.8 Å². The standard InChI is InChI=1S/C14H22N2O3/c1-5-18-13-9-7-8-12(15-13)16(11(3)4)10-14(17)19-6-2/h7-9,11H,5-6,10H2,1-4H3. The first-order valence-corrected chi connectivity index (χ1v) is 6.60. The van der Waals surface area contributed by atoms with E-state index in [4.69, 9.17) is 9.47 Å². The molecule has 5 heteroatoms. The molecule has 0 bridgehead atoms. The average Bonchev–Trinajstić information content (AvgIpc) is 2.37. The molecule has 0 aromatic carbocycles. The first-order valence-electron chi connectivity index (χ1n) is 6.60. The van der Waals surface area contributed by atoms with E-state index in [1.807, 2.05) is 37.8 Å². The van der Waals surface area contributed by atoms with E-state index >= 15 is 0 Å². The van der Waals surface area contributed by atoms with Crippen molar-refractivity contribution in [2.24, 2.45) is 0 Å². The summed E-state index contributed by atoms with van der Waals surface area (Å²) in [5, 5.41) is 0. The zero-order chi connectivity index (χ0) is 14.3. The molecule has 0 spiro atoms. The molecule has 1 aromatic heterocycles. The topological polar surface area (TPSA) is 51.7 Å². The van der Waals surface area contributed by atoms with Crippen molar-refractivity contribution in [3.8, 4) is 5.88 Å². The van der Waals surface area contributed by atoms with Crippen molar-refractivity contribution < 1.29 is 14.3 Å². The second-order valence-corrected chi connectivity index (χ2v) is 4.29. The van der Waals surface area contributed by atoms with Gasteiger partial charge in [-0.25, -0.2) is 0 Å². The summed E-state index contributed by atoms with van der Waals surface area (Å²) >= 11 is 0. The molecule has 0 fully saturated rings. The van der Waals surface area contributed by atoms with Gasteiger partial charge in [-0.3, -0.25) is 4.79 Å². The molecule has 0 saturated heterocycles. The number of carbonyl (C=O) groups excluding carboxylic acids is 1. The summed E-state index contributed by atoms with van der Waals surface area (Å²) in [6.45, 7) is 8.86. The monoisotopic (exact) mass is 266 g/mol. The molecule has 1 aromatic rings. The molecule has 0 aliphatic carbocycles. The van der Waals surface area contributed by atoms with Gasteiger partial charge in [-0.05, 0) is 33.8 Å². The van der Waals surface area contributed by atoms with E-state index in [0.717, 1.165) is 0 Å². The van der Waals surface area contributed by atoms with Gasteiger partial charge < -0.3 is 14.4 Å². The molecule has 0 radical (unpaired) electrons. The van der Waals surface area contributed by atoms with Gasteiger partial charge in [0, 0.05) is 12.1 Å². The second-order valence-electron chi connectivity index (χ2n) is 4.29. The van der Waals surface area contributed by atoms with Crippen LogP contribution in [0.2, 0.25) is 0 Å². The minimum Gasteiger partial charge on any atom is -0.478 e. The van der Waals surface area contributed by atoms with Crippen LogP contribution < -0.4 is 9.64 Å². The van der Waals surface area contributed by atoms with E-state index in [-0.39, 0.29) is 18.6 Å². The van der Waals surface area contributed by atoms with Crippen molar-refractivity contribution >= 4 is 11.8 Å². The van der Waals surface area contributed by atoms with Crippen LogP contribution in [0.5, 0.6) is 5.88 Å². The van der Waals surface area contributed by atoms with Crippen LogP contribution in [0.4, 0.5) is 5.82 Å². The maximum atomic E-state index is 11.6. The van der Waals surface area contributed by atoms with Crippen molar-refractivity contribution in [3.63, 3.8) is 0 Å². The Morgan fingerprint density at radius 3 is 2.63 bits per heavy atom. The molecule has 0 amide bonds. The van der Waals surface area contributed by atoms with Gasteiger partial charge in [0.1, 0.15) is 12.4 Å². The highest BCUT2D eigenvalue weighted by Crippen LogP contribution is 2.18. The summed E-state index contributed by atoms with van der Waals surface area (Å²) in [6, 6.07) is 5.68. The molecule has 0 N–H and O–H groups in total. The Kier molecular flexibility index (Phi) is 6.12. The summed E-state index contributed by atoms with van der Waals surface area (Å²) in [5.74, 6) is 1.03. The smallest absolute Gasteiger partial charge is 0.325 e. The van der Waals surface area contributed by atoms with Gasteiger partial charge in [0.05, 0.1) is 13.2 Å². The average molecular weight is 266 g/mol. The minimum atomic E-state index is -0.250. The number of anilines is 1. The lowest BCUT2D eigenvalue weighted by molar-refractivity contribution is -0.141. The number of pyridine rings is 1. The SMILES string of the molecule is CCOC(=O)CN(c1cccc(OCC)n1)C(C)C. The number of aromatic nitrogens is 1. The Morgan fingerprint density at radius 1 is 1.32 bits per heavy atom. The molecule has 0 atom stereocenters. The number of hydrogen-bond acceptors (Lipinski definition) is 5. The van der Waals surface area contributed by atoms with Gasteiger partial charge in [0.2, 0.25) is 5.88 Å². The quantitative estimate of drug-likeness (QED) is 0.708. The van der Waals surface area contributed by atoms with Crippen LogP contribution >= 0.6 is 0 Å². The molecule has 106 valence electrons. The second kappa shape index (κ2) is 7.61. The Hall–Kier alpha value is -1.78. The fraction of sp³-hybridized carbons (Fsp3) is 0.571. The minimum absolute atomic E-state index is 0.147. The van der Waals surface area contributed by atoms with E-state index in [0.29, 0.717) is 24.9 Å². The van der Waals surface area contributed by atoms with E-state index in [2.05, 4.69) is 4.98 Å². The highest BCUT2D eigenvalue weighted by atomic mass is 16.5. The zero-order valence-electron chi connectivity index (χ0n) is 12.0. The summed E-state index contributed by atoms with van der Waals surface area (Å²) in [6.07, 6.45) is 0. The van der Waals surface area contributed by atoms with E-state index in [1.54, 1.807) is 13.0 Å². The fourth-order valence-electron chi connectivity index (χ4n) is 1.67. The number of ether oxygens (including phenoxy) is 2. The number of esters is 1. The lowest BCUT2D eigenvalue weighted by atomic mass is 10.3. The van der Waals surface area contributed by atoms with Crippen LogP contribution in [0, 0.1) is 0 Å². The van der Waals surface area contributed by atoms with Crippen molar-refractivity contribution in [3.05, 3.63) is 18.2 Å². The van der Waals surface area contributed by atoms with E-state index < -0.39 is 0 Å². The Balaban J connectivity index is 2.86. The summed E-state index contributed by atoms with van der Waals surface area (Å²) < 4.78 is 10.4. The molecule has 5 nitrogen and oxygen atoms in total. The normalized spacial score (nSPS) is 10.4. The first-order chi connectivity index (χ1) is 9.08. The van der Waals surface area contributed by atoms with Crippen molar-refractivity contribution in [1.82, 2.24) is 4.98 Å². The van der Waals surface area contributed by atoms with Gasteiger partial charge in [-0.1, -0.05) is 6.07 Å². The van der Waals surface area contributed by atoms with Gasteiger partial charge in [0.25, 0.3) is 0 Å².